The minimum Gasteiger partial charge on any atom is -0.305 e. The number of hydrogen-bond donors (Lipinski definition) is 1. The molecule has 0 fully saturated rings. The SMILES string of the molecule is COS(=S)(=S)SSSSSSSSSSSSSSSSSSSSSSSSSSSSS. The second kappa shape index (κ2) is 38.3. The van der Waals surface area contributed by atoms with Crippen LogP contribution in [0.2, 0.25) is 0 Å². The Morgan fingerprint density at radius 3 is 0.824 bits per heavy atom. The van der Waals surface area contributed by atoms with E-state index in [4.69, 9.17) is 26.6 Å². The lowest BCUT2D eigenvalue weighted by Gasteiger charge is -2.03. The average molecular weight is 1060 g/mol. The van der Waals surface area contributed by atoms with Gasteiger partial charge in [-0.3, -0.25) is 0 Å². The maximum absolute atomic E-state index is 5.14. The number of hydrogen-bond acceptors (Lipinski definition) is 32. The minimum absolute atomic E-state index is 1.46. The molecule has 0 saturated heterocycles. The fourth-order valence-electron chi connectivity index (χ4n) is 0.358. The first-order valence-electron chi connectivity index (χ1n) is 5.76. The predicted molar refractivity (Wildman–Crippen MR) is 251 cm³/mol. The Hall–Kier alpha value is 10.9. The van der Waals surface area contributed by atoms with Gasteiger partial charge in [0, 0.05) is 197 Å². The molecule has 0 unspecified atom stereocenters. The molecule has 34 heavy (non-hydrogen) atoms. The van der Waals surface area contributed by atoms with Gasteiger partial charge in [-0.2, -0.15) is 0 Å². The molecule has 0 radical (unpaired) electrons. The van der Waals surface area contributed by atoms with Crippen LogP contribution in [0.5, 0.6) is 0 Å². The van der Waals surface area contributed by atoms with Gasteiger partial charge in [-0.1, -0.05) is 11.7 Å². The Balaban J connectivity index is 3.06. The highest BCUT2D eigenvalue weighted by molar-refractivity contribution is 9.60. The van der Waals surface area contributed by atoms with Gasteiger partial charge in [-0.15, -0.1) is 0 Å². The van der Waals surface area contributed by atoms with E-state index in [1.807, 2.05) is 88.4 Å². The second-order valence-electron chi connectivity index (χ2n) is 2.49. The molecule has 0 spiro atoms. The summed E-state index contributed by atoms with van der Waals surface area (Å²) in [6, 6.07) is 0. The second-order valence-corrected chi connectivity index (χ2v) is 59.5. The van der Waals surface area contributed by atoms with E-state index in [9.17, 15) is 0 Å². The van der Waals surface area contributed by atoms with Crippen molar-refractivity contribution in [1.82, 2.24) is 0 Å². The van der Waals surface area contributed by atoms with Gasteiger partial charge in [-0.25, -0.2) is 0 Å². The Labute approximate surface area is 319 Å². The van der Waals surface area contributed by atoms with E-state index < -0.39 is 6.46 Å². The molecule has 0 aliphatic heterocycles. The molecule has 0 bridgehead atoms. The van der Waals surface area contributed by atoms with Crippen molar-refractivity contribution >= 4 is 316 Å². The minimum atomic E-state index is -1.79. The lowest BCUT2D eigenvalue weighted by atomic mass is 11.8. The van der Waals surface area contributed by atoms with Crippen LogP contribution in [0.25, 0.3) is 0 Å². The molecule has 206 valence electrons. The van der Waals surface area contributed by atoms with Crippen molar-refractivity contribution in [3.8, 4) is 0 Å². The van der Waals surface area contributed by atoms with Crippen LogP contribution in [0, 0.1) is 0 Å². The molecule has 0 aliphatic carbocycles. The summed E-state index contributed by atoms with van der Waals surface area (Å²) in [5.74, 6) is 0. The van der Waals surface area contributed by atoms with Crippen molar-refractivity contribution in [3.05, 3.63) is 0 Å². The van der Waals surface area contributed by atoms with Crippen LogP contribution in [-0.4, -0.2) is 7.11 Å². The number of rotatable bonds is 29. The molecule has 0 rings (SSSR count). The van der Waals surface area contributed by atoms with Gasteiger partial charge in [0.2, 0.25) is 0 Å². The standard InChI is InChI=1S/CH4OS32/c1-2-34(4,5)33-32-31-30-29-28-27-26-25-24-23-22-21-20-19-18-17-16-15-14-13-12-11-10-9-8-7-6-3/h3H,1H3. The van der Waals surface area contributed by atoms with Gasteiger partial charge in [0.05, 0.1) is 13.6 Å². The summed E-state index contributed by atoms with van der Waals surface area (Å²) < 4.78 is 5.09. The maximum Gasteiger partial charge on any atom is 0.0817 e. The van der Waals surface area contributed by atoms with Gasteiger partial charge in [-0.05, 0) is 101 Å². The third-order valence-electron chi connectivity index (χ3n) is 1.04. The zero-order chi connectivity index (χ0) is 25.0. The van der Waals surface area contributed by atoms with Crippen LogP contribution < -0.4 is 0 Å². The average Bonchev–Trinajstić information content (AvgIpc) is 2.83. The molecule has 0 aliphatic rings. The highest BCUT2D eigenvalue weighted by Crippen LogP contribution is 2.66. The van der Waals surface area contributed by atoms with Gasteiger partial charge in [0.25, 0.3) is 0 Å². The summed E-state index contributed by atoms with van der Waals surface area (Å²) in [4.78, 5) is 0. The summed E-state index contributed by atoms with van der Waals surface area (Å²) in [5, 5.41) is 0. The van der Waals surface area contributed by atoms with E-state index in [-0.39, 0.29) is 0 Å². The lowest BCUT2D eigenvalue weighted by Crippen LogP contribution is -1.87. The molecular formula is CH4OS32. The van der Waals surface area contributed by atoms with E-state index in [0.29, 0.717) is 0 Å². The Kier molecular flexibility index (Phi) is 50.6. The first-order valence-corrected chi connectivity index (χ1v) is 47.6. The van der Waals surface area contributed by atoms with Crippen LogP contribution >= 0.6 is 287 Å². The molecule has 0 saturated carbocycles. The molecule has 0 amide bonds. The van der Waals surface area contributed by atoms with Crippen molar-refractivity contribution in [2.75, 3.05) is 7.11 Å². The molecule has 33 heteroatoms. The third kappa shape index (κ3) is 39.1. The van der Waals surface area contributed by atoms with Crippen molar-refractivity contribution in [2.45, 2.75) is 0 Å². The smallest absolute Gasteiger partial charge is 0.0817 e. The van der Waals surface area contributed by atoms with E-state index in [1.165, 1.54) is 19.7 Å². The summed E-state index contributed by atoms with van der Waals surface area (Å²) in [6.07, 6.45) is 0. The first kappa shape index (κ1) is 44.9. The normalized spacial score (nSPS) is 11.9. The zero-order valence-corrected chi connectivity index (χ0v) is 40.7. The van der Waals surface area contributed by atoms with Gasteiger partial charge in [0.1, 0.15) is 0 Å². The fraction of sp³-hybridized carbons (Fsp3) is 1.00. The summed E-state index contributed by atoms with van der Waals surface area (Å²) in [5.41, 5.74) is 0. The fourth-order valence-corrected chi connectivity index (χ4v) is 79.1. The van der Waals surface area contributed by atoms with E-state index in [2.05, 4.69) is 11.7 Å². The molecule has 1 nitrogen and oxygen atoms in total. The lowest BCUT2D eigenvalue weighted by molar-refractivity contribution is 0.491. The quantitative estimate of drug-likeness (QED) is 0.0432. The van der Waals surface area contributed by atoms with Crippen LogP contribution in [-0.2, 0) is 33.0 Å². The Morgan fingerprint density at radius 1 is 0.412 bits per heavy atom. The van der Waals surface area contributed by atoms with E-state index >= 15 is 0 Å². The highest BCUT2D eigenvalue weighted by atomic mass is 34.1. The topological polar surface area (TPSA) is 9.23 Å². The summed E-state index contributed by atoms with van der Waals surface area (Å²) >= 11 is 14.4. The van der Waals surface area contributed by atoms with Crippen LogP contribution in [0.3, 0.4) is 0 Å². The molecule has 0 N–H and O–H groups in total. The van der Waals surface area contributed by atoms with Crippen molar-refractivity contribution in [3.63, 3.8) is 0 Å². The molecule has 0 aromatic rings. The molecule has 0 atom stereocenters. The van der Waals surface area contributed by atoms with Crippen LogP contribution in [0.1, 0.15) is 0 Å². The molecule has 0 aromatic heterocycles. The Bertz CT molecular complexity index is 467. The van der Waals surface area contributed by atoms with Crippen molar-refractivity contribution in [2.24, 2.45) is 0 Å². The monoisotopic (exact) mass is 1060 g/mol. The third-order valence-corrected chi connectivity index (χ3v) is 68.1. The Morgan fingerprint density at radius 2 is 0.618 bits per heavy atom. The van der Waals surface area contributed by atoms with Crippen molar-refractivity contribution in [1.29, 1.82) is 0 Å². The molecule has 0 heterocycles. The van der Waals surface area contributed by atoms with Crippen molar-refractivity contribution < 1.29 is 4.18 Å². The maximum atomic E-state index is 5.14. The summed E-state index contributed by atoms with van der Waals surface area (Å²) in [6.45, 7) is -1.79. The summed E-state index contributed by atoms with van der Waals surface area (Å²) in [7, 11) is 50.6. The largest absolute Gasteiger partial charge is 0.305 e. The van der Waals surface area contributed by atoms with Crippen LogP contribution in [0.15, 0.2) is 0 Å². The molecule has 0 aromatic carbocycles. The van der Waals surface area contributed by atoms with Crippen LogP contribution in [0.4, 0.5) is 0 Å². The predicted octanol–water partition coefficient (Wildman–Crippen LogP) is 18.6. The van der Waals surface area contributed by atoms with E-state index in [0.717, 1.165) is 0 Å². The van der Waals surface area contributed by atoms with Gasteiger partial charge in [0.15, 0.2) is 0 Å². The van der Waals surface area contributed by atoms with Gasteiger partial charge >= 0.3 is 0 Å². The first-order chi connectivity index (χ1) is 16.6. The highest BCUT2D eigenvalue weighted by Gasteiger charge is 2.04. The zero-order valence-electron chi connectivity index (χ0n) is 14.5. The number of thiol groups is 1. The molecular weight excluding hydrogens is 1050 g/mol. The van der Waals surface area contributed by atoms with E-state index in [1.54, 1.807) is 174 Å². The van der Waals surface area contributed by atoms with Gasteiger partial charge < -0.3 is 4.18 Å².